The molecular formula is C19H11N7O. The first-order valence-corrected chi connectivity index (χ1v) is 8.14. The van der Waals surface area contributed by atoms with Gasteiger partial charge in [-0.1, -0.05) is 6.07 Å². The van der Waals surface area contributed by atoms with Crippen LogP contribution in [0.5, 0.6) is 0 Å². The zero-order valence-corrected chi connectivity index (χ0v) is 13.8. The fourth-order valence-corrected chi connectivity index (χ4v) is 3.08. The Balaban J connectivity index is 1.84. The monoisotopic (exact) mass is 353 g/mol. The highest BCUT2D eigenvalue weighted by Crippen LogP contribution is 2.29. The summed E-state index contributed by atoms with van der Waals surface area (Å²) in [4.78, 5) is 19.9. The maximum absolute atomic E-state index is 12.3. The van der Waals surface area contributed by atoms with E-state index < -0.39 is 0 Å². The van der Waals surface area contributed by atoms with Gasteiger partial charge >= 0.3 is 0 Å². The van der Waals surface area contributed by atoms with Gasteiger partial charge in [0.25, 0.3) is 0 Å². The molecule has 0 bridgehead atoms. The van der Waals surface area contributed by atoms with Gasteiger partial charge in [-0.05, 0) is 23.8 Å². The van der Waals surface area contributed by atoms with Gasteiger partial charge in [-0.25, -0.2) is 9.67 Å². The van der Waals surface area contributed by atoms with Gasteiger partial charge in [0.05, 0.1) is 35.1 Å². The number of hydrogen-bond acceptors (Lipinski definition) is 5. The van der Waals surface area contributed by atoms with E-state index in [1.807, 2.05) is 18.2 Å². The lowest BCUT2D eigenvalue weighted by molar-refractivity contribution is 0.852. The molecule has 0 saturated heterocycles. The number of aromatic nitrogens is 6. The lowest BCUT2D eigenvalue weighted by Crippen LogP contribution is -2.07. The molecule has 0 aliphatic rings. The summed E-state index contributed by atoms with van der Waals surface area (Å²) in [7, 11) is 0. The minimum Gasteiger partial charge on any atom is -0.346 e. The number of aromatic amines is 2. The van der Waals surface area contributed by atoms with Crippen LogP contribution in [0.4, 0.5) is 0 Å². The number of fused-ring (bicyclic) bond motifs is 2. The van der Waals surface area contributed by atoms with Crippen LogP contribution in [0.25, 0.3) is 38.9 Å². The highest BCUT2D eigenvalue weighted by atomic mass is 16.1. The van der Waals surface area contributed by atoms with E-state index in [-0.39, 0.29) is 5.43 Å². The van der Waals surface area contributed by atoms with Gasteiger partial charge < -0.3 is 4.98 Å². The third-order valence-corrected chi connectivity index (χ3v) is 4.40. The van der Waals surface area contributed by atoms with Gasteiger partial charge in [-0.2, -0.15) is 15.5 Å². The second kappa shape index (κ2) is 5.64. The van der Waals surface area contributed by atoms with Crippen LogP contribution < -0.4 is 5.43 Å². The molecule has 0 atom stereocenters. The Morgan fingerprint density at radius 2 is 2.07 bits per heavy atom. The number of nitrogens with zero attached hydrogens (tertiary/aromatic N) is 5. The first kappa shape index (κ1) is 15.0. The molecule has 0 amide bonds. The van der Waals surface area contributed by atoms with Crippen molar-refractivity contribution < 1.29 is 0 Å². The van der Waals surface area contributed by atoms with E-state index in [1.165, 1.54) is 16.9 Å². The van der Waals surface area contributed by atoms with Crippen molar-refractivity contribution in [2.24, 2.45) is 0 Å². The molecule has 4 heterocycles. The third kappa shape index (κ3) is 2.38. The first-order valence-electron chi connectivity index (χ1n) is 8.14. The minimum absolute atomic E-state index is 0.119. The number of rotatable bonds is 2. The molecule has 0 radical (unpaired) electrons. The zero-order valence-electron chi connectivity index (χ0n) is 13.8. The van der Waals surface area contributed by atoms with E-state index in [4.69, 9.17) is 5.26 Å². The summed E-state index contributed by atoms with van der Waals surface area (Å²) >= 11 is 0. The van der Waals surface area contributed by atoms with Crippen molar-refractivity contribution in [3.8, 4) is 23.0 Å². The largest absolute Gasteiger partial charge is 0.346 e. The third-order valence-electron chi connectivity index (χ3n) is 4.40. The Labute approximate surface area is 151 Å². The van der Waals surface area contributed by atoms with Gasteiger partial charge in [0, 0.05) is 23.2 Å². The van der Waals surface area contributed by atoms with Crippen LogP contribution in [0, 0.1) is 11.3 Å². The highest BCUT2D eigenvalue weighted by molar-refractivity contribution is 5.89. The topological polar surface area (TPSA) is 116 Å². The number of nitrogens with one attached hydrogen (secondary N) is 2. The molecule has 5 rings (SSSR count). The van der Waals surface area contributed by atoms with Crippen molar-refractivity contribution in [1.82, 2.24) is 29.9 Å². The molecule has 128 valence electrons. The van der Waals surface area contributed by atoms with Crippen molar-refractivity contribution in [2.45, 2.75) is 0 Å². The van der Waals surface area contributed by atoms with Crippen LogP contribution in [0.15, 0.2) is 59.9 Å². The minimum atomic E-state index is -0.119. The Morgan fingerprint density at radius 1 is 1.15 bits per heavy atom. The van der Waals surface area contributed by atoms with E-state index in [9.17, 15) is 4.79 Å². The van der Waals surface area contributed by atoms with Crippen LogP contribution in [-0.2, 0) is 0 Å². The van der Waals surface area contributed by atoms with Crippen LogP contribution >= 0.6 is 0 Å². The highest BCUT2D eigenvalue weighted by Gasteiger charge is 2.15. The number of pyridine rings is 2. The molecule has 1 aromatic carbocycles. The molecular weight excluding hydrogens is 342 g/mol. The Hall–Kier alpha value is -4.25. The molecule has 8 nitrogen and oxygen atoms in total. The van der Waals surface area contributed by atoms with Gasteiger partial charge in [0.15, 0.2) is 11.2 Å². The van der Waals surface area contributed by atoms with Gasteiger partial charge in [0.2, 0.25) is 0 Å². The molecule has 8 heteroatoms. The van der Waals surface area contributed by atoms with E-state index in [0.717, 1.165) is 22.0 Å². The van der Waals surface area contributed by atoms with Crippen molar-refractivity contribution in [3.63, 3.8) is 0 Å². The van der Waals surface area contributed by atoms with E-state index in [0.29, 0.717) is 22.4 Å². The molecule has 27 heavy (non-hydrogen) atoms. The summed E-state index contributed by atoms with van der Waals surface area (Å²) in [6.45, 7) is 0. The van der Waals surface area contributed by atoms with E-state index >= 15 is 0 Å². The second-order valence-corrected chi connectivity index (χ2v) is 6.06. The van der Waals surface area contributed by atoms with Crippen molar-refractivity contribution >= 4 is 21.9 Å². The molecule has 4 aromatic heterocycles. The maximum Gasteiger partial charge on any atom is 0.191 e. The van der Waals surface area contributed by atoms with Crippen LogP contribution in [-0.4, -0.2) is 29.9 Å². The number of H-pyrrole nitrogens is 2. The molecule has 0 aliphatic carbocycles. The van der Waals surface area contributed by atoms with Crippen LogP contribution in [0.1, 0.15) is 5.56 Å². The zero-order chi connectivity index (χ0) is 18.4. The lowest BCUT2D eigenvalue weighted by Gasteiger charge is -2.11. The number of hydrogen-bond donors (Lipinski definition) is 2. The Morgan fingerprint density at radius 3 is 2.93 bits per heavy atom. The molecule has 0 saturated carbocycles. The van der Waals surface area contributed by atoms with Crippen molar-refractivity contribution in [2.75, 3.05) is 0 Å². The summed E-state index contributed by atoms with van der Waals surface area (Å²) in [6.07, 6.45) is 6.38. The smallest absolute Gasteiger partial charge is 0.191 e. The fourth-order valence-electron chi connectivity index (χ4n) is 3.08. The van der Waals surface area contributed by atoms with Gasteiger partial charge in [-0.15, -0.1) is 0 Å². The fraction of sp³-hybridized carbons (Fsp3) is 0. The number of benzene rings is 1. The molecule has 0 aliphatic heterocycles. The first-order chi connectivity index (χ1) is 13.2. The van der Waals surface area contributed by atoms with E-state index in [2.05, 4.69) is 31.3 Å². The van der Waals surface area contributed by atoms with Gasteiger partial charge in [-0.3, -0.25) is 9.89 Å². The summed E-state index contributed by atoms with van der Waals surface area (Å²) in [5, 5.41) is 21.7. The predicted molar refractivity (Wildman–Crippen MR) is 99.3 cm³/mol. The van der Waals surface area contributed by atoms with Crippen molar-refractivity contribution in [3.05, 3.63) is 70.9 Å². The maximum atomic E-state index is 12.3. The summed E-state index contributed by atoms with van der Waals surface area (Å²) in [5.74, 6) is 0.522. The SMILES string of the molecule is N#Cc1cnn(-c2nc3[nH]ccc(=O)c3cc2-c2ccc3[nH]ncc3c2)c1. The summed E-state index contributed by atoms with van der Waals surface area (Å²) < 4.78 is 1.54. The average Bonchev–Trinajstić information content (AvgIpc) is 3.36. The van der Waals surface area contributed by atoms with Crippen molar-refractivity contribution in [1.29, 1.82) is 5.26 Å². The molecule has 0 unspecified atom stereocenters. The predicted octanol–water partition coefficient (Wildman–Crippen LogP) is 2.52. The summed E-state index contributed by atoms with van der Waals surface area (Å²) in [5.41, 5.74) is 3.28. The molecule has 5 aromatic rings. The number of nitriles is 1. The quantitative estimate of drug-likeness (QED) is 0.506. The molecule has 2 N–H and O–H groups in total. The Bertz CT molecular complexity index is 1420. The van der Waals surface area contributed by atoms with Crippen LogP contribution in [0.3, 0.4) is 0 Å². The van der Waals surface area contributed by atoms with Crippen LogP contribution in [0.2, 0.25) is 0 Å². The normalized spacial score (nSPS) is 11.1. The average molecular weight is 353 g/mol. The lowest BCUT2D eigenvalue weighted by atomic mass is 10.0. The molecule has 0 fully saturated rings. The van der Waals surface area contributed by atoms with E-state index in [1.54, 1.807) is 24.7 Å². The molecule has 0 spiro atoms. The Kier molecular flexibility index (Phi) is 3.14. The second-order valence-electron chi connectivity index (χ2n) is 6.06. The van der Waals surface area contributed by atoms with Gasteiger partial charge in [0.1, 0.15) is 11.7 Å². The standard InChI is InChI=1S/C19H11N7O/c20-7-11-8-23-26(10-11)19-14(6-15-17(27)3-4-21-18(15)24-19)12-1-2-16-13(5-12)9-22-25-16/h1-6,8-10H,(H,22,25)(H,21,24,27). The summed E-state index contributed by atoms with van der Waals surface area (Å²) in [6, 6.07) is 11.1.